The number of allylic oxidation sites excluding steroid dienone is 10. The Labute approximate surface area is 491 Å². The van der Waals surface area contributed by atoms with Crippen LogP contribution in [0.25, 0.3) is 0 Å². The van der Waals surface area contributed by atoms with Gasteiger partial charge < -0.3 is 14.2 Å². The van der Waals surface area contributed by atoms with Crippen LogP contribution in [0.5, 0.6) is 0 Å². The molecule has 0 fully saturated rings. The number of hydrogen-bond donors (Lipinski definition) is 0. The first-order chi connectivity index (χ1) is 39.0. The van der Waals surface area contributed by atoms with Crippen molar-refractivity contribution in [2.24, 2.45) is 0 Å². The fourth-order valence-corrected chi connectivity index (χ4v) is 10.3. The second-order valence-corrected chi connectivity index (χ2v) is 23.4. The SMILES string of the molecule is CC/C=C\C/C=C\C/C=C\C/C=C\CCCCCCCCCCCCCCCCCCCCCCC(=O)OCC(COC(=O)CCCCCCCCCCCCCCCC)OC(=O)CCCCCCC/C=C\CCCCCCC. The highest BCUT2D eigenvalue weighted by Crippen LogP contribution is 2.18. The molecule has 6 heteroatoms. The molecule has 0 aliphatic heterocycles. The summed E-state index contributed by atoms with van der Waals surface area (Å²) in [4.78, 5) is 38.3. The summed E-state index contributed by atoms with van der Waals surface area (Å²) >= 11 is 0. The Hall–Kier alpha value is -2.89. The van der Waals surface area contributed by atoms with Gasteiger partial charge in [-0.25, -0.2) is 0 Å². The highest BCUT2D eigenvalue weighted by molar-refractivity contribution is 5.71. The molecular weight excluding hydrogens is 973 g/mol. The summed E-state index contributed by atoms with van der Waals surface area (Å²) in [5.41, 5.74) is 0. The normalized spacial score (nSPS) is 12.4. The number of carbonyl (C=O) groups excluding carboxylic acids is 3. The molecule has 0 N–H and O–H groups in total. The second kappa shape index (κ2) is 67.6. The first-order valence-electron chi connectivity index (χ1n) is 34.8. The van der Waals surface area contributed by atoms with Gasteiger partial charge in [0.05, 0.1) is 0 Å². The molecular formula is C73H132O6. The average Bonchev–Trinajstić information content (AvgIpc) is 3.45. The van der Waals surface area contributed by atoms with E-state index in [4.69, 9.17) is 14.2 Å². The summed E-state index contributed by atoms with van der Waals surface area (Å²) in [5, 5.41) is 0. The molecule has 0 rings (SSSR count). The molecule has 0 spiro atoms. The molecule has 1 unspecified atom stereocenters. The quantitative estimate of drug-likeness (QED) is 0.0261. The number of ether oxygens (including phenoxy) is 3. The second-order valence-electron chi connectivity index (χ2n) is 23.4. The molecule has 6 nitrogen and oxygen atoms in total. The van der Waals surface area contributed by atoms with Crippen LogP contribution >= 0.6 is 0 Å². The maximum atomic E-state index is 12.9. The fraction of sp³-hybridized carbons (Fsp3) is 0.822. The smallest absolute Gasteiger partial charge is 0.306 e. The Kier molecular flexibility index (Phi) is 65.1. The van der Waals surface area contributed by atoms with E-state index in [2.05, 4.69) is 81.5 Å². The van der Waals surface area contributed by atoms with E-state index in [-0.39, 0.29) is 31.1 Å². The lowest BCUT2D eigenvalue weighted by molar-refractivity contribution is -0.167. The summed E-state index contributed by atoms with van der Waals surface area (Å²) < 4.78 is 16.9. The number of esters is 3. The summed E-state index contributed by atoms with van der Waals surface area (Å²) in [7, 11) is 0. The van der Waals surface area contributed by atoms with E-state index in [0.29, 0.717) is 19.3 Å². The van der Waals surface area contributed by atoms with Gasteiger partial charge in [0.25, 0.3) is 0 Å². The maximum absolute atomic E-state index is 12.9. The Morgan fingerprint density at radius 3 is 0.785 bits per heavy atom. The van der Waals surface area contributed by atoms with Gasteiger partial charge in [0.1, 0.15) is 13.2 Å². The van der Waals surface area contributed by atoms with Crippen LogP contribution < -0.4 is 0 Å². The monoisotopic (exact) mass is 1110 g/mol. The van der Waals surface area contributed by atoms with Crippen LogP contribution in [-0.4, -0.2) is 37.2 Å². The van der Waals surface area contributed by atoms with Crippen molar-refractivity contribution < 1.29 is 28.6 Å². The minimum Gasteiger partial charge on any atom is -0.462 e. The highest BCUT2D eigenvalue weighted by Gasteiger charge is 2.19. The Morgan fingerprint density at radius 2 is 0.494 bits per heavy atom. The topological polar surface area (TPSA) is 78.9 Å². The molecule has 0 aromatic heterocycles. The zero-order valence-corrected chi connectivity index (χ0v) is 52.9. The van der Waals surface area contributed by atoms with Crippen molar-refractivity contribution in [1.82, 2.24) is 0 Å². The van der Waals surface area contributed by atoms with Gasteiger partial charge in [-0.05, 0) is 83.5 Å². The molecule has 0 saturated heterocycles. The third-order valence-electron chi connectivity index (χ3n) is 15.5. The number of hydrogen-bond acceptors (Lipinski definition) is 6. The molecule has 0 bridgehead atoms. The van der Waals surface area contributed by atoms with Crippen molar-refractivity contribution in [3.63, 3.8) is 0 Å². The van der Waals surface area contributed by atoms with E-state index in [1.165, 1.54) is 238 Å². The van der Waals surface area contributed by atoms with Gasteiger partial charge in [0, 0.05) is 19.3 Å². The van der Waals surface area contributed by atoms with Crippen LogP contribution in [0.15, 0.2) is 60.8 Å². The van der Waals surface area contributed by atoms with Gasteiger partial charge in [-0.15, -0.1) is 0 Å². The van der Waals surface area contributed by atoms with Crippen molar-refractivity contribution in [2.75, 3.05) is 13.2 Å². The average molecular weight is 1110 g/mol. The van der Waals surface area contributed by atoms with Gasteiger partial charge in [0.2, 0.25) is 0 Å². The molecule has 0 aromatic carbocycles. The van der Waals surface area contributed by atoms with Crippen LogP contribution in [0.2, 0.25) is 0 Å². The molecule has 0 heterocycles. The van der Waals surface area contributed by atoms with Crippen LogP contribution in [0.3, 0.4) is 0 Å². The molecule has 79 heavy (non-hydrogen) atoms. The Bertz CT molecular complexity index is 1410. The van der Waals surface area contributed by atoms with Crippen LogP contribution in [0.1, 0.15) is 367 Å². The zero-order valence-electron chi connectivity index (χ0n) is 52.9. The molecule has 1 atom stereocenters. The Balaban J connectivity index is 4.10. The van der Waals surface area contributed by atoms with Crippen molar-refractivity contribution >= 4 is 17.9 Å². The van der Waals surface area contributed by atoms with Crippen molar-refractivity contribution in [1.29, 1.82) is 0 Å². The van der Waals surface area contributed by atoms with Crippen LogP contribution in [-0.2, 0) is 28.6 Å². The zero-order chi connectivity index (χ0) is 57.1. The van der Waals surface area contributed by atoms with E-state index >= 15 is 0 Å². The van der Waals surface area contributed by atoms with E-state index < -0.39 is 6.10 Å². The van der Waals surface area contributed by atoms with Gasteiger partial charge in [0.15, 0.2) is 6.10 Å². The third kappa shape index (κ3) is 65.8. The van der Waals surface area contributed by atoms with Gasteiger partial charge in [-0.1, -0.05) is 326 Å². The van der Waals surface area contributed by atoms with Crippen molar-refractivity contribution in [2.45, 2.75) is 374 Å². The third-order valence-corrected chi connectivity index (χ3v) is 15.5. The molecule has 0 aromatic rings. The van der Waals surface area contributed by atoms with Gasteiger partial charge in [-0.3, -0.25) is 14.4 Å². The largest absolute Gasteiger partial charge is 0.462 e. The molecule has 0 saturated carbocycles. The molecule has 0 aliphatic rings. The summed E-state index contributed by atoms with van der Waals surface area (Å²) in [6.07, 6.45) is 86.9. The van der Waals surface area contributed by atoms with E-state index in [1.807, 2.05) is 0 Å². The molecule has 460 valence electrons. The number of unbranched alkanes of at least 4 members (excludes halogenated alkanes) is 43. The number of carbonyl (C=O) groups is 3. The maximum Gasteiger partial charge on any atom is 0.306 e. The Morgan fingerprint density at radius 1 is 0.266 bits per heavy atom. The van der Waals surface area contributed by atoms with E-state index in [9.17, 15) is 14.4 Å². The minimum absolute atomic E-state index is 0.0709. The fourth-order valence-electron chi connectivity index (χ4n) is 10.3. The predicted octanol–water partition coefficient (Wildman–Crippen LogP) is 23.9. The van der Waals surface area contributed by atoms with E-state index in [0.717, 1.165) is 89.9 Å². The molecule has 0 amide bonds. The summed E-state index contributed by atoms with van der Waals surface area (Å²) in [6.45, 7) is 6.57. The lowest BCUT2D eigenvalue weighted by Crippen LogP contribution is -2.30. The first-order valence-corrected chi connectivity index (χ1v) is 34.8. The van der Waals surface area contributed by atoms with Gasteiger partial charge >= 0.3 is 17.9 Å². The lowest BCUT2D eigenvalue weighted by Gasteiger charge is -2.18. The first kappa shape index (κ1) is 76.1. The predicted molar refractivity (Wildman–Crippen MR) is 344 cm³/mol. The molecule has 0 radical (unpaired) electrons. The molecule has 0 aliphatic carbocycles. The standard InChI is InChI=1S/C73H132O6/c1-4-7-10-13-16-19-22-25-28-29-30-31-32-33-34-35-36-37-38-39-40-41-42-43-44-45-46-49-51-54-57-60-63-66-72(75)78-69-70(79-73(76)67-64-61-58-55-52-48-27-24-21-18-15-12-9-6-3)68-77-71(74)65-62-59-56-53-50-47-26-23-20-17-14-11-8-5-2/h7,10,16,19,24-25,27-28,30-31,70H,4-6,8-9,11-15,17-18,20-23,26,29,32-69H2,1-3H3/b10-7-,19-16-,27-24-,28-25-,31-30-. The van der Waals surface area contributed by atoms with Crippen molar-refractivity contribution in [3.05, 3.63) is 60.8 Å². The van der Waals surface area contributed by atoms with Crippen LogP contribution in [0, 0.1) is 0 Å². The minimum atomic E-state index is -0.774. The summed E-state index contributed by atoms with van der Waals surface area (Å²) in [6, 6.07) is 0. The van der Waals surface area contributed by atoms with Crippen LogP contribution in [0.4, 0.5) is 0 Å². The highest BCUT2D eigenvalue weighted by atomic mass is 16.6. The number of rotatable bonds is 64. The lowest BCUT2D eigenvalue weighted by atomic mass is 10.0. The van der Waals surface area contributed by atoms with Gasteiger partial charge in [-0.2, -0.15) is 0 Å². The summed E-state index contributed by atoms with van der Waals surface area (Å²) in [5.74, 6) is -0.855. The van der Waals surface area contributed by atoms with Crippen molar-refractivity contribution in [3.8, 4) is 0 Å². The van der Waals surface area contributed by atoms with E-state index in [1.54, 1.807) is 0 Å².